The fourth-order valence-corrected chi connectivity index (χ4v) is 2.59. The predicted molar refractivity (Wildman–Crippen MR) is 74.0 cm³/mol. The summed E-state index contributed by atoms with van der Waals surface area (Å²) in [6.07, 6.45) is -2.56. The van der Waals surface area contributed by atoms with Gasteiger partial charge in [-0.2, -0.15) is 13.2 Å². The van der Waals surface area contributed by atoms with Crippen molar-refractivity contribution < 1.29 is 18.0 Å². The Kier molecular flexibility index (Phi) is 4.41. The molecule has 0 aliphatic carbocycles. The molecule has 1 aliphatic heterocycles. The van der Waals surface area contributed by atoms with Crippen LogP contribution in [0.15, 0.2) is 18.2 Å². The smallest absolute Gasteiger partial charge is 0.374 e. The van der Waals surface area contributed by atoms with Gasteiger partial charge in [0.15, 0.2) is 0 Å². The second-order valence-corrected chi connectivity index (χ2v) is 5.24. The Balaban J connectivity index is 2.23. The van der Waals surface area contributed by atoms with Crippen molar-refractivity contribution >= 4 is 11.6 Å². The molecule has 0 bridgehead atoms. The van der Waals surface area contributed by atoms with Gasteiger partial charge in [-0.25, -0.2) is 0 Å². The molecule has 1 amide bonds. The highest BCUT2D eigenvalue weighted by Gasteiger charge is 2.30. The van der Waals surface area contributed by atoms with Crippen molar-refractivity contribution in [3.8, 4) is 0 Å². The molecule has 1 aliphatic rings. The van der Waals surface area contributed by atoms with Crippen LogP contribution in [-0.2, 0) is 11.2 Å². The Morgan fingerprint density at radius 1 is 1.48 bits per heavy atom. The predicted octanol–water partition coefficient (Wildman–Crippen LogP) is 1.75. The van der Waals surface area contributed by atoms with Crippen LogP contribution in [0.1, 0.15) is 23.6 Å². The third-order valence-electron chi connectivity index (χ3n) is 3.58. The Morgan fingerprint density at radius 2 is 2.19 bits per heavy atom. The minimum absolute atomic E-state index is 0.473. The summed E-state index contributed by atoms with van der Waals surface area (Å²) in [5.41, 5.74) is 7.77. The molecule has 0 saturated carbocycles. The zero-order valence-corrected chi connectivity index (χ0v) is 11.7. The summed E-state index contributed by atoms with van der Waals surface area (Å²) in [5, 5.41) is 2.18. The van der Waals surface area contributed by atoms with Gasteiger partial charge in [0.05, 0.1) is 6.54 Å². The molecule has 0 spiro atoms. The minimum atomic E-state index is -4.39. The Bertz CT molecular complexity index is 531. The molecule has 1 aromatic rings. The van der Waals surface area contributed by atoms with Crippen molar-refractivity contribution in [2.75, 3.05) is 25.0 Å². The summed E-state index contributed by atoms with van der Waals surface area (Å²) in [6.45, 7) is -0.310. The lowest BCUT2D eigenvalue weighted by atomic mass is 9.96. The zero-order valence-electron chi connectivity index (χ0n) is 11.7. The maximum atomic E-state index is 12.3. The lowest BCUT2D eigenvalue weighted by Gasteiger charge is -2.28. The van der Waals surface area contributed by atoms with Gasteiger partial charge < -0.3 is 10.6 Å². The van der Waals surface area contributed by atoms with Crippen molar-refractivity contribution in [1.29, 1.82) is 0 Å². The van der Waals surface area contributed by atoms with Gasteiger partial charge in [-0.3, -0.25) is 10.1 Å². The van der Waals surface area contributed by atoms with E-state index in [0.717, 1.165) is 30.6 Å². The Morgan fingerprint density at radius 3 is 2.81 bits per heavy atom. The number of carbonyl (C=O) groups is 1. The maximum Gasteiger partial charge on any atom is 0.401 e. The van der Waals surface area contributed by atoms with Crippen LogP contribution >= 0.6 is 0 Å². The highest BCUT2D eigenvalue weighted by Crippen LogP contribution is 2.29. The monoisotopic (exact) mass is 301 g/mol. The SMILES string of the molecule is CN1CCCc2cc(C(NCC(F)(F)F)C(N)=O)ccc21. The summed E-state index contributed by atoms with van der Waals surface area (Å²) in [7, 11) is 1.96. The largest absolute Gasteiger partial charge is 0.401 e. The van der Waals surface area contributed by atoms with E-state index in [1.54, 1.807) is 12.1 Å². The van der Waals surface area contributed by atoms with Gasteiger partial charge in [-0.15, -0.1) is 0 Å². The number of primary amides is 1. The molecular formula is C14H18F3N3O. The number of benzene rings is 1. The minimum Gasteiger partial charge on any atom is -0.374 e. The van der Waals surface area contributed by atoms with Crippen LogP contribution in [-0.4, -0.2) is 32.2 Å². The summed E-state index contributed by atoms with van der Waals surface area (Å²) in [5.74, 6) is -0.816. The summed E-state index contributed by atoms with van der Waals surface area (Å²) < 4.78 is 36.9. The molecular weight excluding hydrogens is 283 g/mol. The molecule has 4 nitrogen and oxygen atoms in total. The molecule has 21 heavy (non-hydrogen) atoms. The first-order valence-electron chi connectivity index (χ1n) is 6.71. The van der Waals surface area contributed by atoms with Gasteiger partial charge in [-0.05, 0) is 30.0 Å². The zero-order chi connectivity index (χ0) is 15.6. The van der Waals surface area contributed by atoms with Gasteiger partial charge in [0.1, 0.15) is 6.04 Å². The highest BCUT2D eigenvalue weighted by molar-refractivity contribution is 5.81. The van der Waals surface area contributed by atoms with Crippen molar-refractivity contribution in [1.82, 2.24) is 5.32 Å². The summed E-state index contributed by atoms with van der Waals surface area (Å²) >= 11 is 0. The number of halogens is 3. The molecule has 0 saturated heterocycles. The van der Waals surface area contributed by atoms with Crippen LogP contribution in [0.3, 0.4) is 0 Å². The van der Waals surface area contributed by atoms with E-state index >= 15 is 0 Å². The number of amides is 1. The second kappa shape index (κ2) is 5.93. The number of nitrogens with two attached hydrogens (primary N) is 1. The van der Waals surface area contributed by atoms with Crippen molar-refractivity contribution in [3.63, 3.8) is 0 Å². The molecule has 2 rings (SSSR count). The van der Waals surface area contributed by atoms with E-state index in [9.17, 15) is 18.0 Å². The van der Waals surface area contributed by atoms with Crippen LogP contribution in [0.4, 0.5) is 18.9 Å². The van der Waals surface area contributed by atoms with E-state index in [-0.39, 0.29) is 0 Å². The standard InChI is InChI=1S/C14H18F3N3O/c1-20-6-2-3-9-7-10(4-5-11(9)20)12(13(18)21)19-8-14(15,16)17/h4-5,7,12,19H,2-3,6,8H2,1H3,(H2,18,21). The molecule has 7 heteroatoms. The van der Waals surface area contributed by atoms with Gasteiger partial charge in [0.25, 0.3) is 0 Å². The molecule has 1 heterocycles. The molecule has 1 unspecified atom stereocenters. The van der Waals surface area contributed by atoms with Gasteiger partial charge in [0, 0.05) is 19.3 Å². The van der Waals surface area contributed by atoms with E-state index in [2.05, 4.69) is 10.2 Å². The number of alkyl halides is 3. The normalized spacial score (nSPS) is 16.5. The number of hydrogen-bond acceptors (Lipinski definition) is 3. The Labute approximate surface area is 121 Å². The number of nitrogens with one attached hydrogen (secondary N) is 1. The first-order valence-corrected chi connectivity index (χ1v) is 6.71. The van der Waals surface area contributed by atoms with Crippen molar-refractivity contribution in [3.05, 3.63) is 29.3 Å². The van der Waals surface area contributed by atoms with E-state index in [0.29, 0.717) is 5.56 Å². The summed E-state index contributed by atoms with van der Waals surface area (Å²) in [6, 6.07) is 4.11. The van der Waals surface area contributed by atoms with Gasteiger partial charge in [-0.1, -0.05) is 12.1 Å². The first-order chi connectivity index (χ1) is 9.78. The lowest BCUT2D eigenvalue weighted by molar-refractivity contribution is -0.130. The molecule has 116 valence electrons. The number of aryl methyl sites for hydroxylation is 1. The van der Waals surface area contributed by atoms with Crippen molar-refractivity contribution in [2.24, 2.45) is 5.73 Å². The molecule has 1 atom stereocenters. The first kappa shape index (κ1) is 15.6. The Hall–Kier alpha value is -1.76. The van der Waals surface area contributed by atoms with E-state index in [4.69, 9.17) is 5.73 Å². The highest BCUT2D eigenvalue weighted by atomic mass is 19.4. The number of fused-ring (bicyclic) bond motifs is 1. The van der Waals surface area contributed by atoms with Gasteiger partial charge >= 0.3 is 6.18 Å². The average molecular weight is 301 g/mol. The second-order valence-electron chi connectivity index (χ2n) is 5.24. The van der Waals surface area contributed by atoms with Crippen LogP contribution in [0.25, 0.3) is 0 Å². The molecule has 0 radical (unpaired) electrons. The van der Waals surface area contributed by atoms with Crippen molar-refractivity contribution in [2.45, 2.75) is 25.1 Å². The molecule has 0 fully saturated rings. The van der Waals surface area contributed by atoms with Gasteiger partial charge in [0.2, 0.25) is 5.91 Å². The summed E-state index contributed by atoms with van der Waals surface area (Å²) in [4.78, 5) is 13.5. The van der Waals surface area contributed by atoms with Crippen LogP contribution in [0, 0.1) is 0 Å². The molecule has 0 aromatic heterocycles. The maximum absolute atomic E-state index is 12.3. The number of nitrogens with zero attached hydrogens (tertiary/aromatic N) is 1. The fourth-order valence-electron chi connectivity index (χ4n) is 2.59. The lowest BCUT2D eigenvalue weighted by Crippen LogP contribution is -2.39. The van der Waals surface area contributed by atoms with E-state index in [1.165, 1.54) is 0 Å². The van der Waals surface area contributed by atoms with E-state index < -0.39 is 24.7 Å². The topological polar surface area (TPSA) is 58.4 Å². The van der Waals surface area contributed by atoms with Crippen LogP contribution in [0.2, 0.25) is 0 Å². The molecule has 3 N–H and O–H groups in total. The average Bonchev–Trinajstić information content (AvgIpc) is 2.37. The quantitative estimate of drug-likeness (QED) is 0.891. The number of anilines is 1. The van der Waals surface area contributed by atoms with E-state index in [1.807, 2.05) is 13.1 Å². The fraction of sp³-hybridized carbons (Fsp3) is 0.500. The van der Waals surface area contributed by atoms with Crippen LogP contribution in [0.5, 0.6) is 0 Å². The van der Waals surface area contributed by atoms with Crippen LogP contribution < -0.4 is 16.0 Å². The number of rotatable bonds is 4. The third kappa shape index (κ3) is 3.87. The third-order valence-corrected chi connectivity index (χ3v) is 3.58. The number of hydrogen-bond donors (Lipinski definition) is 2. The number of carbonyl (C=O) groups excluding carboxylic acids is 1. The molecule has 1 aromatic carbocycles.